The molecule has 3 aromatic rings. The lowest BCUT2D eigenvalue weighted by Gasteiger charge is -2.10. The molecule has 3 rings (SSSR count). The molecule has 1 aromatic heterocycles. The van der Waals surface area contributed by atoms with Crippen molar-refractivity contribution in [2.24, 2.45) is 7.05 Å². The molecule has 0 radical (unpaired) electrons. The summed E-state index contributed by atoms with van der Waals surface area (Å²) >= 11 is 0. The van der Waals surface area contributed by atoms with Crippen LogP contribution < -0.4 is 5.56 Å². The first kappa shape index (κ1) is 11.7. The van der Waals surface area contributed by atoms with E-state index in [1.807, 2.05) is 43.4 Å². The molecule has 0 bridgehead atoms. The number of para-hydroxylation sites is 1. The molecule has 0 atom stereocenters. The molecule has 2 aromatic carbocycles. The first-order valence-electron chi connectivity index (χ1n) is 6.37. The van der Waals surface area contributed by atoms with Crippen molar-refractivity contribution in [1.29, 1.82) is 0 Å². The average Bonchev–Trinajstić information content (AvgIpc) is 2.46. The molecule has 0 aliphatic heterocycles. The van der Waals surface area contributed by atoms with E-state index >= 15 is 0 Å². The molecule has 0 amide bonds. The zero-order valence-corrected chi connectivity index (χ0v) is 10.8. The average molecular weight is 249 g/mol. The lowest BCUT2D eigenvalue weighted by Crippen LogP contribution is -2.17. The van der Waals surface area contributed by atoms with E-state index in [9.17, 15) is 4.79 Å². The van der Waals surface area contributed by atoms with Crippen LogP contribution >= 0.6 is 0 Å². The van der Waals surface area contributed by atoms with Gasteiger partial charge in [-0.05, 0) is 23.6 Å². The van der Waals surface area contributed by atoms with Gasteiger partial charge in [0.2, 0.25) is 0 Å². The first-order valence-corrected chi connectivity index (χ1v) is 6.37. The van der Waals surface area contributed by atoms with Crippen molar-refractivity contribution in [3.8, 4) is 0 Å². The van der Waals surface area contributed by atoms with E-state index in [0.29, 0.717) is 0 Å². The molecule has 1 heterocycles. The van der Waals surface area contributed by atoms with Gasteiger partial charge in [-0.2, -0.15) is 0 Å². The topological polar surface area (TPSA) is 22.0 Å². The number of fused-ring (bicyclic) bond motifs is 1. The van der Waals surface area contributed by atoms with E-state index in [1.165, 1.54) is 5.56 Å². The van der Waals surface area contributed by atoms with Gasteiger partial charge in [0, 0.05) is 18.5 Å². The number of benzene rings is 2. The van der Waals surface area contributed by atoms with Crippen LogP contribution in [0.5, 0.6) is 0 Å². The highest BCUT2D eigenvalue weighted by Crippen LogP contribution is 2.19. The Hall–Kier alpha value is -2.35. The van der Waals surface area contributed by atoms with E-state index in [1.54, 1.807) is 10.6 Å². The number of aryl methyl sites for hydroxylation is 1. The molecule has 2 heteroatoms. The van der Waals surface area contributed by atoms with Crippen molar-refractivity contribution >= 4 is 10.9 Å². The van der Waals surface area contributed by atoms with Gasteiger partial charge in [-0.3, -0.25) is 4.79 Å². The molecule has 0 fully saturated rings. The zero-order valence-electron chi connectivity index (χ0n) is 10.8. The second-order valence-electron chi connectivity index (χ2n) is 4.75. The standard InChI is InChI=1S/C17H15NO/c1-18-16-10-6-5-9-15(16)14(12-17(18)19)11-13-7-3-2-4-8-13/h2-10,12H,11H2,1H3. The maximum absolute atomic E-state index is 12.0. The number of hydrogen-bond acceptors (Lipinski definition) is 1. The van der Waals surface area contributed by atoms with Gasteiger partial charge in [-0.1, -0.05) is 48.5 Å². The van der Waals surface area contributed by atoms with Gasteiger partial charge in [-0.25, -0.2) is 0 Å². The van der Waals surface area contributed by atoms with Gasteiger partial charge in [0.1, 0.15) is 0 Å². The van der Waals surface area contributed by atoms with E-state index in [4.69, 9.17) is 0 Å². The maximum Gasteiger partial charge on any atom is 0.251 e. The minimum Gasteiger partial charge on any atom is -0.311 e. The fraction of sp³-hybridized carbons (Fsp3) is 0.118. The Morgan fingerprint density at radius 2 is 1.63 bits per heavy atom. The van der Waals surface area contributed by atoms with Gasteiger partial charge in [-0.15, -0.1) is 0 Å². The number of rotatable bonds is 2. The lowest BCUT2D eigenvalue weighted by atomic mass is 10.0. The Morgan fingerprint density at radius 3 is 2.42 bits per heavy atom. The van der Waals surface area contributed by atoms with Crippen LogP contribution in [0.3, 0.4) is 0 Å². The van der Waals surface area contributed by atoms with Gasteiger partial charge in [0.05, 0.1) is 5.52 Å². The molecule has 0 saturated carbocycles. The highest BCUT2D eigenvalue weighted by atomic mass is 16.1. The van der Waals surface area contributed by atoms with Crippen LogP contribution in [0.4, 0.5) is 0 Å². The Balaban J connectivity index is 2.19. The fourth-order valence-corrected chi connectivity index (χ4v) is 2.44. The smallest absolute Gasteiger partial charge is 0.251 e. The quantitative estimate of drug-likeness (QED) is 0.684. The SMILES string of the molecule is Cn1c(=O)cc(Cc2ccccc2)c2ccccc21. The third-order valence-electron chi connectivity index (χ3n) is 3.48. The summed E-state index contributed by atoms with van der Waals surface area (Å²) in [4.78, 5) is 12.0. The highest BCUT2D eigenvalue weighted by molar-refractivity contribution is 5.82. The van der Waals surface area contributed by atoms with Crippen LogP contribution in [0.1, 0.15) is 11.1 Å². The van der Waals surface area contributed by atoms with Crippen molar-refractivity contribution in [3.05, 3.63) is 82.1 Å². The summed E-state index contributed by atoms with van der Waals surface area (Å²) in [7, 11) is 1.82. The molecule has 0 unspecified atom stereocenters. The Labute approximate surface area is 111 Å². The van der Waals surface area contributed by atoms with Crippen LogP contribution in [0.15, 0.2) is 65.5 Å². The molecule has 0 aliphatic carbocycles. The second-order valence-corrected chi connectivity index (χ2v) is 4.75. The third-order valence-corrected chi connectivity index (χ3v) is 3.48. The molecule has 94 valence electrons. The van der Waals surface area contributed by atoms with Crippen LogP contribution in [0, 0.1) is 0 Å². The maximum atomic E-state index is 12.0. The predicted molar refractivity (Wildman–Crippen MR) is 78.4 cm³/mol. The fourth-order valence-electron chi connectivity index (χ4n) is 2.44. The Morgan fingerprint density at radius 1 is 0.947 bits per heavy atom. The monoisotopic (exact) mass is 249 g/mol. The molecule has 19 heavy (non-hydrogen) atoms. The Bertz CT molecular complexity index is 772. The predicted octanol–water partition coefficient (Wildman–Crippen LogP) is 3.13. The molecule has 0 N–H and O–H groups in total. The minimum atomic E-state index is 0.0460. The molecule has 0 saturated heterocycles. The highest BCUT2D eigenvalue weighted by Gasteiger charge is 2.06. The van der Waals surface area contributed by atoms with E-state index in [-0.39, 0.29) is 5.56 Å². The summed E-state index contributed by atoms with van der Waals surface area (Å²) in [6.45, 7) is 0. The molecule has 0 spiro atoms. The summed E-state index contributed by atoms with van der Waals surface area (Å²) in [5.41, 5.74) is 3.34. The van der Waals surface area contributed by atoms with Crippen molar-refractivity contribution in [3.63, 3.8) is 0 Å². The zero-order chi connectivity index (χ0) is 13.2. The third kappa shape index (κ3) is 2.17. The molecular formula is C17H15NO. The number of aromatic nitrogens is 1. The molecule has 2 nitrogen and oxygen atoms in total. The van der Waals surface area contributed by atoms with Gasteiger partial charge in [0.15, 0.2) is 0 Å². The van der Waals surface area contributed by atoms with Gasteiger partial charge < -0.3 is 4.57 Å². The van der Waals surface area contributed by atoms with Crippen LogP contribution in [0.2, 0.25) is 0 Å². The first-order chi connectivity index (χ1) is 9.25. The van der Waals surface area contributed by atoms with Gasteiger partial charge >= 0.3 is 0 Å². The van der Waals surface area contributed by atoms with Gasteiger partial charge in [0.25, 0.3) is 5.56 Å². The normalized spacial score (nSPS) is 10.8. The van der Waals surface area contributed by atoms with Crippen molar-refractivity contribution in [1.82, 2.24) is 4.57 Å². The van der Waals surface area contributed by atoms with Crippen molar-refractivity contribution < 1.29 is 0 Å². The second kappa shape index (κ2) is 4.73. The van der Waals surface area contributed by atoms with Crippen LogP contribution in [-0.4, -0.2) is 4.57 Å². The number of hydrogen-bond donors (Lipinski definition) is 0. The van der Waals surface area contributed by atoms with E-state index in [0.717, 1.165) is 22.9 Å². The summed E-state index contributed by atoms with van der Waals surface area (Å²) in [5, 5.41) is 1.15. The summed E-state index contributed by atoms with van der Waals surface area (Å²) < 4.78 is 1.70. The number of nitrogens with zero attached hydrogens (tertiary/aromatic N) is 1. The number of pyridine rings is 1. The van der Waals surface area contributed by atoms with Crippen molar-refractivity contribution in [2.45, 2.75) is 6.42 Å². The van der Waals surface area contributed by atoms with Crippen LogP contribution in [0.25, 0.3) is 10.9 Å². The lowest BCUT2D eigenvalue weighted by molar-refractivity contribution is 0.900. The summed E-state index contributed by atoms with van der Waals surface area (Å²) in [6.07, 6.45) is 0.789. The summed E-state index contributed by atoms with van der Waals surface area (Å²) in [6, 6.07) is 20.0. The minimum absolute atomic E-state index is 0.0460. The van der Waals surface area contributed by atoms with E-state index in [2.05, 4.69) is 18.2 Å². The van der Waals surface area contributed by atoms with Crippen LogP contribution in [-0.2, 0) is 13.5 Å². The van der Waals surface area contributed by atoms with Crippen molar-refractivity contribution in [2.75, 3.05) is 0 Å². The van der Waals surface area contributed by atoms with E-state index < -0.39 is 0 Å². The molecule has 0 aliphatic rings. The Kier molecular flexibility index (Phi) is 2.92. The summed E-state index contributed by atoms with van der Waals surface area (Å²) in [5.74, 6) is 0. The largest absolute Gasteiger partial charge is 0.311 e. The molecular weight excluding hydrogens is 234 g/mol.